The number of likely N-dealkylation sites (tertiary alicyclic amines) is 1. The van der Waals surface area contributed by atoms with Crippen LogP contribution in [-0.2, 0) is 4.79 Å². The predicted molar refractivity (Wildman–Crippen MR) is 103 cm³/mol. The average Bonchev–Trinajstić information content (AvgIpc) is 3.41. The molecule has 1 spiro atoms. The SMILES string of the molecule is CC(C)c1n[nH]c(C2CN(C(=O)COc3ccc(F)cc3)CC23CCCC3)n1. The van der Waals surface area contributed by atoms with Crippen molar-refractivity contribution in [3.63, 3.8) is 0 Å². The molecular formula is C21H27FN4O2. The maximum absolute atomic E-state index is 13.0. The summed E-state index contributed by atoms with van der Waals surface area (Å²) in [6.45, 7) is 5.49. The van der Waals surface area contributed by atoms with Crippen molar-refractivity contribution in [3.05, 3.63) is 41.7 Å². The summed E-state index contributed by atoms with van der Waals surface area (Å²) in [7, 11) is 0. The van der Waals surface area contributed by atoms with Gasteiger partial charge in [-0.05, 0) is 42.5 Å². The van der Waals surface area contributed by atoms with Gasteiger partial charge in [-0.2, -0.15) is 5.10 Å². The molecule has 2 aromatic rings. The van der Waals surface area contributed by atoms with Gasteiger partial charge in [-0.1, -0.05) is 26.7 Å². The molecule has 1 saturated heterocycles. The van der Waals surface area contributed by atoms with Crippen LogP contribution in [0.1, 0.15) is 63.0 Å². The van der Waals surface area contributed by atoms with Crippen molar-refractivity contribution in [1.82, 2.24) is 20.1 Å². The minimum absolute atomic E-state index is 0.0396. The molecule has 1 N–H and O–H groups in total. The Bertz CT molecular complexity index is 827. The molecular weight excluding hydrogens is 359 g/mol. The molecule has 1 aromatic carbocycles. The van der Waals surface area contributed by atoms with Gasteiger partial charge >= 0.3 is 0 Å². The van der Waals surface area contributed by atoms with Crippen molar-refractivity contribution in [2.45, 2.75) is 51.4 Å². The van der Waals surface area contributed by atoms with E-state index in [4.69, 9.17) is 9.72 Å². The number of nitrogens with one attached hydrogen (secondary N) is 1. The Labute approximate surface area is 164 Å². The number of aromatic amines is 1. The Kier molecular flexibility index (Phi) is 5.08. The lowest BCUT2D eigenvalue weighted by molar-refractivity contribution is -0.132. The normalized spacial score (nSPS) is 21.0. The quantitative estimate of drug-likeness (QED) is 0.852. The van der Waals surface area contributed by atoms with E-state index in [1.54, 1.807) is 0 Å². The van der Waals surface area contributed by atoms with E-state index in [9.17, 15) is 9.18 Å². The molecule has 1 atom stereocenters. The molecule has 6 nitrogen and oxygen atoms in total. The van der Waals surface area contributed by atoms with Crippen LogP contribution < -0.4 is 4.74 Å². The molecule has 4 rings (SSSR count). The first-order chi connectivity index (χ1) is 13.5. The van der Waals surface area contributed by atoms with Gasteiger partial charge in [-0.3, -0.25) is 9.89 Å². The number of carbonyl (C=O) groups is 1. The number of aromatic nitrogens is 3. The fourth-order valence-electron chi connectivity index (χ4n) is 4.59. The monoisotopic (exact) mass is 386 g/mol. The fraction of sp³-hybridized carbons (Fsp3) is 0.571. The number of hydrogen-bond donors (Lipinski definition) is 1. The van der Waals surface area contributed by atoms with E-state index in [-0.39, 0.29) is 35.6 Å². The zero-order valence-electron chi connectivity index (χ0n) is 16.4. The predicted octanol–water partition coefficient (Wildman–Crippen LogP) is 3.63. The maximum atomic E-state index is 13.0. The van der Waals surface area contributed by atoms with Crippen molar-refractivity contribution in [2.75, 3.05) is 19.7 Å². The second kappa shape index (κ2) is 7.53. The third kappa shape index (κ3) is 3.62. The van der Waals surface area contributed by atoms with Gasteiger partial charge in [0.1, 0.15) is 17.4 Å². The lowest BCUT2D eigenvalue weighted by Gasteiger charge is -2.28. The third-order valence-electron chi connectivity index (χ3n) is 6.14. The molecule has 1 aliphatic heterocycles. The Morgan fingerprint density at radius 1 is 1.32 bits per heavy atom. The number of nitrogens with zero attached hydrogens (tertiary/aromatic N) is 3. The lowest BCUT2D eigenvalue weighted by Crippen LogP contribution is -2.34. The second-order valence-electron chi connectivity index (χ2n) is 8.37. The van der Waals surface area contributed by atoms with E-state index >= 15 is 0 Å². The molecule has 28 heavy (non-hydrogen) atoms. The summed E-state index contributed by atoms with van der Waals surface area (Å²) in [5, 5.41) is 7.51. The first-order valence-electron chi connectivity index (χ1n) is 10.1. The van der Waals surface area contributed by atoms with Crippen LogP contribution in [0.3, 0.4) is 0 Å². The number of halogens is 1. The van der Waals surface area contributed by atoms with E-state index < -0.39 is 0 Å². The molecule has 1 aromatic heterocycles. The van der Waals surface area contributed by atoms with Crippen molar-refractivity contribution in [3.8, 4) is 5.75 Å². The largest absolute Gasteiger partial charge is 0.484 e. The molecule has 7 heteroatoms. The second-order valence-corrected chi connectivity index (χ2v) is 8.37. The number of H-pyrrole nitrogens is 1. The summed E-state index contributed by atoms with van der Waals surface area (Å²) in [4.78, 5) is 19.4. The van der Waals surface area contributed by atoms with Gasteiger partial charge in [0.25, 0.3) is 5.91 Å². The van der Waals surface area contributed by atoms with E-state index in [0.29, 0.717) is 12.3 Å². The van der Waals surface area contributed by atoms with Gasteiger partial charge in [-0.15, -0.1) is 0 Å². The first-order valence-corrected chi connectivity index (χ1v) is 10.1. The van der Waals surface area contributed by atoms with E-state index in [1.807, 2.05) is 4.90 Å². The van der Waals surface area contributed by atoms with Crippen LogP contribution in [0.2, 0.25) is 0 Å². The zero-order valence-corrected chi connectivity index (χ0v) is 16.4. The maximum Gasteiger partial charge on any atom is 0.260 e. The Hall–Kier alpha value is -2.44. The molecule has 2 aliphatic rings. The first kappa shape index (κ1) is 18.9. The Balaban J connectivity index is 1.46. The van der Waals surface area contributed by atoms with Gasteiger partial charge in [0, 0.05) is 24.9 Å². The molecule has 1 amide bonds. The highest BCUT2D eigenvalue weighted by atomic mass is 19.1. The van der Waals surface area contributed by atoms with E-state index in [0.717, 1.165) is 31.0 Å². The summed E-state index contributed by atoms with van der Waals surface area (Å²) in [6, 6.07) is 5.73. The molecule has 0 radical (unpaired) electrons. The van der Waals surface area contributed by atoms with Crippen LogP contribution in [-0.4, -0.2) is 45.7 Å². The Morgan fingerprint density at radius 2 is 2.04 bits per heavy atom. The number of rotatable bonds is 5. The van der Waals surface area contributed by atoms with Crippen LogP contribution in [0.5, 0.6) is 5.75 Å². The van der Waals surface area contributed by atoms with Gasteiger partial charge in [-0.25, -0.2) is 9.37 Å². The van der Waals surface area contributed by atoms with Gasteiger partial charge in [0.05, 0.1) is 0 Å². The van der Waals surface area contributed by atoms with Crippen molar-refractivity contribution in [1.29, 1.82) is 0 Å². The van der Waals surface area contributed by atoms with Gasteiger partial charge < -0.3 is 9.64 Å². The highest BCUT2D eigenvalue weighted by Crippen LogP contribution is 2.52. The van der Waals surface area contributed by atoms with Crippen molar-refractivity contribution in [2.24, 2.45) is 5.41 Å². The molecule has 0 bridgehead atoms. The molecule has 150 valence electrons. The van der Waals surface area contributed by atoms with Crippen LogP contribution in [0.4, 0.5) is 4.39 Å². The molecule has 1 aliphatic carbocycles. The van der Waals surface area contributed by atoms with Gasteiger partial charge in [0.2, 0.25) is 0 Å². The molecule has 1 saturated carbocycles. The standard InChI is InChI=1S/C21H27FN4O2/c1-14(2)19-23-20(25-24-19)17-11-26(13-21(17)9-3-4-10-21)18(27)12-28-16-7-5-15(22)6-8-16/h5-8,14,17H,3-4,9-13H2,1-2H3,(H,23,24,25). The highest BCUT2D eigenvalue weighted by molar-refractivity contribution is 5.78. The van der Waals surface area contributed by atoms with E-state index in [2.05, 4.69) is 24.0 Å². The number of ether oxygens (including phenoxy) is 1. The summed E-state index contributed by atoms with van der Waals surface area (Å²) in [6.07, 6.45) is 4.60. The lowest BCUT2D eigenvalue weighted by atomic mass is 9.76. The topological polar surface area (TPSA) is 71.1 Å². The number of amides is 1. The number of carbonyl (C=O) groups excluding carboxylic acids is 1. The van der Waals surface area contributed by atoms with Crippen molar-refractivity contribution < 1.29 is 13.9 Å². The number of hydrogen-bond acceptors (Lipinski definition) is 4. The smallest absolute Gasteiger partial charge is 0.260 e. The molecule has 2 fully saturated rings. The van der Waals surface area contributed by atoms with Gasteiger partial charge in [0.15, 0.2) is 12.4 Å². The Morgan fingerprint density at radius 3 is 2.68 bits per heavy atom. The minimum atomic E-state index is -0.322. The van der Waals surface area contributed by atoms with Crippen LogP contribution in [0, 0.1) is 11.2 Å². The minimum Gasteiger partial charge on any atom is -0.484 e. The molecule has 2 heterocycles. The highest BCUT2D eigenvalue weighted by Gasteiger charge is 2.51. The molecule has 1 unspecified atom stereocenters. The summed E-state index contributed by atoms with van der Waals surface area (Å²) >= 11 is 0. The summed E-state index contributed by atoms with van der Waals surface area (Å²) in [5.74, 6) is 2.32. The van der Waals surface area contributed by atoms with Crippen molar-refractivity contribution >= 4 is 5.91 Å². The summed E-state index contributed by atoms with van der Waals surface area (Å²) < 4.78 is 18.6. The summed E-state index contributed by atoms with van der Waals surface area (Å²) in [5.41, 5.74) is 0.0827. The zero-order chi connectivity index (χ0) is 19.7. The van der Waals surface area contributed by atoms with Crippen LogP contribution >= 0.6 is 0 Å². The number of benzene rings is 1. The van der Waals surface area contributed by atoms with E-state index in [1.165, 1.54) is 37.1 Å². The third-order valence-corrected chi connectivity index (χ3v) is 6.14. The van der Waals surface area contributed by atoms with Crippen LogP contribution in [0.25, 0.3) is 0 Å². The average molecular weight is 386 g/mol. The van der Waals surface area contributed by atoms with Crippen LogP contribution in [0.15, 0.2) is 24.3 Å². The fourth-order valence-corrected chi connectivity index (χ4v) is 4.59.